The van der Waals surface area contributed by atoms with Gasteiger partial charge in [-0.3, -0.25) is 9.59 Å². The second-order valence-corrected chi connectivity index (χ2v) is 8.46. The topological polar surface area (TPSA) is 66.6 Å². The van der Waals surface area contributed by atoms with Gasteiger partial charge in [0, 0.05) is 25.0 Å². The molecule has 0 bridgehead atoms. The standard InChI is InChI=1S/C16H25N3O2S/c1-15(2,3)11-9-10(12(17)22-11)13(20)19-8-7-18(6)14(21)16(19,4)5/h9H,7-8,17H2,1-6H3. The van der Waals surface area contributed by atoms with Crippen molar-refractivity contribution >= 4 is 28.2 Å². The van der Waals surface area contributed by atoms with Crippen LogP contribution in [0.3, 0.4) is 0 Å². The molecule has 1 aliphatic rings. The van der Waals surface area contributed by atoms with Crippen LogP contribution in [-0.4, -0.2) is 47.3 Å². The number of amides is 2. The summed E-state index contributed by atoms with van der Waals surface area (Å²) in [5.41, 5.74) is 5.69. The van der Waals surface area contributed by atoms with Gasteiger partial charge in [-0.15, -0.1) is 11.3 Å². The van der Waals surface area contributed by atoms with Crippen LogP contribution in [0.4, 0.5) is 5.00 Å². The maximum Gasteiger partial charge on any atom is 0.257 e. The van der Waals surface area contributed by atoms with Crippen LogP contribution in [0.1, 0.15) is 49.9 Å². The fourth-order valence-corrected chi connectivity index (χ4v) is 3.63. The molecule has 2 heterocycles. The first-order valence-corrected chi connectivity index (χ1v) is 8.25. The van der Waals surface area contributed by atoms with Crippen molar-refractivity contribution in [3.63, 3.8) is 0 Å². The Morgan fingerprint density at radius 1 is 1.32 bits per heavy atom. The summed E-state index contributed by atoms with van der Waals surface area (Å²) in [4.78, 5) is 29.6. The molecule has 122 valence electrons. The first-order chi connectivity index (χ1) is 9.96. The van der Waals surface area contributed by atoms with Gasteiger partial charge >= 0.3 is 0 Å². The van der Waals surface area contributed by atoms with Gasteiger partial charge in [-0.25, -0.2) is 0 Å². The molecule has 1 aliphatic heterocycles. The minimum Gasteiger partial charge on any atom is -0.390 e. The van der Waals surface area contributed by atoms with Crippen LogP contribution < -0.4 is 5.73 Å². The van der Waals surface area contributed by atoms with E-state index < -0.39 is 5.54 Å². The molecule has 5 nitrogen and oxygen atoms in total. The van der Waals surface area contributed by atoms with Crippen molar-refractivity contribution in [3.05, 3.63) is 16.5 Å². The van der Waals surface area contributed by atoms with E-state index in [9.17, 15) is 9.59 Å². The first kappa shape index (κ1) is 16.8. The predicted molar refractivity (Wildman–Crippen MR) is 90.2 cm³/mol. The second kappa shape index (κ2) is 5.26. The van der Waals surface area contributed by atoms with Crippen molar-refractivity contribution in [1.82, 2.24) is 9.80 Å². The molecule has 1 aromatic rings. The molecule has 0 aromatic carbocycles. The van der Waals surface area contributed by atoms with Gasteiger partial charge in [-0.2, -0.15) is 0 Å². The van der Waals surface area contributed by atoms with Gasteiger partial charge in [0.2, 0.25) is 5.91 Å². The van der Waals surface area contributed by atoms with E-state index >= 15 is 0 Å². The summed E-state index contributed by atoms with van der Waals surface area (Å²) in [5.74, 6) is -0.201. The summed E-state index contributed by atoms with van der Waals surface area (Å²) in [5, 5.41) is 0.525. The molecule has 0 unspecified atom stereocenters. The Balaban J connectivity index is 2.36. The molecule has 0 radical (unpaired) electrons. The third-order valence-corrected chi connectivity index (χ3v) is 5.57. The summed E-state index contributed by atoms with van der Waals surface area (Å²) >= 11 is 1.45. The van der Waals surface area contributed by atoms with E-state index in [1.807, 2.05) is 6.07 Å². The van der Waals surface area contributed by atoms with Gasteiger partial charge < -0.3 is 15.5 Å². The smallest absolute Gasteiger partial charge is 0.257 e. The van der Waals surface area contributed by atoms with Gasteiger partial charge in [-0.05, 0) is 25.3 Å². The monoisotopic (exact) mass is 323 g/mol. The lowest BCUT2D eigenvalue weighted by Crippen LogP contribution is -2.63. The van der Waals surface area contributed by atoms with Gasteiger partial charge in [0.15, 0.2) is 0 Å². The number of piperazine rings is 1. The Morgan fingerprint density at radius 3 is 2.41 bits per heavy atom. The summed E-state index contributed by atoms with van der Waals surface area (Å²) in [6.45, 7) is 10.9. The number of nitrogens with zero attached hydrogens (tertiary/aromatic N) is 2. The first-order valence-electron chi connectivity index (χ1n) is 7.43. The number of likely N-dealkylation sites (N-methyl/N-ethyl adjacent to an activating group) is 1. The van der Waals surface area contributed by atoms with E-state index in [1.54, 1.807) is 30.7 Å². The van der Waals surface area contributed by atoms with Crippen molar-refractivity contribution in [1.29, 1.82) is 0 Å². The number of carbonyl (C=O) groups excluding carboxylic acids is 2. The molecule has 2 rings (SSSR count). The lowest BCUT2D eigenvalue weighted by Gasteiger charge is -2.44. The van der Waals surface area contributed by atoms with Gasteiger partial charge in [0.25, 0.3) is 5.91 Å². The number of nitrogens with two attached hydrogens (primary N) is 1. The number of hydrogen-bond acceptors (Lipinski definition) is 4. The zero-order valence-electron chi connectivity index (χ0n) is 14.2. The summed E-state index contributed by atoms with van der Waals surface area (Å²) in [6, 6.07) is 1.88. The summed E-state index contributed by atoms with van der Waals surface area (Å²) < 4.78 is 0. The molecule has 6 heteroatoms. The van der Waals surface area contributed by atoms with Gasteiger partial charge in [0.05, 0.1) is 10.6 Å². The number of thiophene rings is 1. The number of nitrogen functional groups attached to an aromatic ring is 1. The zero-order valence-corrected chi connectivity index (χ0v) is 15.0. The van der Waals surface area contributed by atoms with E-state index in [0.717, 1.165) is 4.88 Å². The average molecular weight is 323 g/mol. The highest BCUT2D eigenvalue weighted by molar-refractivity contribution is 7.16. The van der Waals surface area contributed by atoms with E-state index in [0.29, 0.717) is 23.7 Å². The van der Waals surface area contributed by atoms with Crippen LogP contribution in [-0.2, 0) is 10.2 Å². The van der Waals surface area contributed by atoms with E-state index in [1.165, 1.54) is 11.3 Å². The number of carbonyl (C=O) groups is 2. The third kappa shape index (κ3) is 2.72. The highest BCUT2D eigenvalue weighted by atomic mass is 32.1. The van der Waals surface area contributed by atoms with Crippen molar-refractivity contribution in [2.24, 2.45) is 0 Å². The van der Waals surface area contributed by atoms with E-state index in [2.05, 4.69) is 20.8 Å². The van der Waals surface area contributed by atoms with Crippen LogP contribution in [0.15, 0.2) is 6.07 Å². The SMILES string of the molecule is CN1CCN(C(=O)c2cc(C(C)(C)C)sc2N)C(C)(C)C1=O. The average Bonchev–Trinajstić information content (AvgIpc) is 2.77. The Hall–Kier alpha value is -1.56. The van der Waals surface area contributed by atoms with Crippen LogP contribution in [0.25, 0.3) is 0 Å². The molecule has 0 atom stereocenters. The molecular weight excluding hydrogens is 298 g/mol. The van der Waals surface area contributed by atoms with Crippen LogP contribution in [0.5, 0.6) is 0 Å². The Morgan fingerprint density at radius 2 is 1.91 bits per heavy atom. The fourth-order valence-electron chi connectivity index (χ4n) is 2.66. The molecule has 1 saturated heterocycles. The molecular formula is C16H25N3O2S. The predicted octanol–water partition coefficient (Wildman–Crippen LogP) is 2.32. The maximum absolute atomic E-state index is 12.9. The highest BCUT2D eigenvalue weighted by Gasteiger charge is 2.43. The molecule has 2 N–H and O–H groups in total. The van der Waals surface area contributed by atoms with Crippen molar-refractivity contribution < 1.29 is 9.59 Å². The lowest BCUT2D eigenvalue weighted by atomic mass is 9.93. The van der Waals surface area contributed by atoms with Gasteiger partial charge in [0.1, 0.15) is 5.54 Å². The highest BCUT2D eigenvalue weighted by Crippen LogP contribution is 2.36. The third-order valence-electron chi connectivity index (χ3n) is 4.18. The van der Waals surface area contributed by atoms with Crippen LogP contribution >= 0.6 is 11.3 Å². The van der Waals surface area contributed by atoms with E-state index in [4.69, 9.17) is 5.73 Å². The fraction of sp³-hybridized carbons (Fsp3) is 0.625. The van der Waals surface area contributed by atoms with Gasteiger partial charge in [-0.1, -0.05) is 20.8 Å². The minimum absolute atomic E-state index is 0.0445. The van der Waals surface area contributed by atoms with Crippen molar-refractivity contribution in [2.75, 3.05) is 25.9 Å². The molecule has 22 heavy (non-hydrogen) atoms. The van der Waals surface area contributed by atoms with Crippen molar-refractivity contribution in [3.8, 4) is 0 Å². The minimum atomic E-state index is -0.847. The lowest BCUT2D eigenvalue weighted by molar-refractivity contribution is -0.144. The molecule has 1 fully saturated rings. The molecule has 0 aliphatic carbocycles. The van der Waals surface area contributed by atoms with E-state index in [-0.39, 0.29) is 17.2 Å². The van der Waals surface area contributed by atoms with Crippen LogP contribution in [0.2, 0.25) is 0 Å². The Kier molecular flexibility index (Phi) is 4.02. The van der Waals surface area contributed by atoms with Crippen LogP contribution in [0, 0.1) is 0 Å². The quantitative estimate of drug-likeness (QED) is 0.862. The largest absolute Gasteiger partial charge is 0.390 e. The summed E-state index contributed by atoms with van der Waals surface area (Å²) in [6.07, 6.45) is 0. The molecule has 0 spiro atoms. The molecule has 1 aromatic heterocycles. The molecule has 0 saturated carbocycles. The number of anilines is 1. The Labute approximate surface area is 136 Å². The maximum atomic E-state index is 12.9. The zero-order chi connectivity index (χ0) is 16.9. The second-order valence-electron chi connectivity index (χ2n) is 7.38. The summed E-state index contributed by atoms with van der Waals surface area (Å²) in [7, 11) is 1.77. The number of rotatable bonds is 1. The van der Waals surface area contributed by atoms with Crippen molar-refractivity contribution in [2.45, 2.75) is 45.6 Å². The molecule has 2 amide bonds. The normalized spacial score (nSPS) is 18.7. The number of hydrogen-bond donors (Lipinski definition) is 1. The Bertz CT molecular complexity index is 613.